The summed E-state index contributed by atoms with van der Waals surface area (Å²) in [4.78, 5) is 11.9. The summed E-state index contributed by atoms with van der Waals surface area (Å²) in [5.74, 6) is 0.382. The number of esters is 1. The molecule has 1 aliphatic carbocycles. The molecule has 0 bridgehead atoms. The van der Waals surface area contributed by atoms with E-state index in [9.17, 15) is 4.79 Å². The predicted molar refractivity (Wildman–Crippen MR) is 66.0 cm³/mol. The van der Waals surface area contributed by atoms with Gasteiger partial charge in [0.15, 0.2) is 0 Å². The minimum atomic E-state index is -0.0261. The average Bonchev–Trinajstić information content (AvgIpc) is 2.66. The second-order valence-corrected chi connectivity index (χ2v) is 5.72. The van der Waals surface area contributed by atoms with Crippen LogP contribution in [0.5, 0.6) is 0 Å². The Kier molecular flexibility index (Phi) is 3.82. The molecule has 0 aromatic heterocycles. The van der Waals surface area contributed by atoms with Crippen LogP contribution in [-0.2, 0) is 9.53 Å². The van der Waals surface area contributed by atoms with E-state index in [1.54, 1.807) is 0 Å². The van der Waals surface area contributed by atoms with E-state index >= 15 is 0 Å². The van der Waals surface area contributed by atoms with E-state index in [0.29, 0.717) is 5.92 Å². The van der Waals surface area contributed by atoms with Gasteiger partial charge >= 0.3 is 5.97 Å². The van der Waals surface area contributed by atoms with Gasteiger partial charge in [-0.2, -0.15) is 0 Å². The first-order valence-electron chi connectivity index (χ1n) is 6.16. The van der Waals surface area contributed by atoms with Crippen LogP contribution in [0.2, 0.25) is 0 Å². The van der Waals surface area contributed by atoms with Crippen molar-refractivity contribution in [2.75, 3.05) is 0 Å². The highest BCUT2D eigenvalue weighted by Crippen LogP contribution is 2.59. The van der Waals surface area contributed by atoms with E-state index < -0.39 is 0 Å². The standard InChI is InChI=1S/C14H24O2/c1-7-10(4)16-13(15)12-11(8-9(2)3)14(12,5)6/h8,10-12H,7H2,1-6H3/t10-,11-,12+/m0/s1. The summed E-state index contributed by atoms with van der Waals surface area (Å²) in [6.45, 7) is 12.4. The van der Waals surface area contributed by atoms with E-state index in [-0.39, 0.29) is 23.4 Å². The fourth-order valence-electron chi connectivity index (χ4n) is 2.15. The highest BCUT2D eigenvalue weighted by Gasteiger charge is 2.61. The van der Waals surface area contributed by atoms with Gasteiger partial charge in [0.25, 0.3) is 0 Å². The van der Waals surface area contributed by atoms with E-state index in [2.05, 4.69) is 33.8 Å². The van der Waals surface area contributed by atoms with Crippen molar-refractivity contribution >= 4 is 5.97 Å². The van der Waals surface area contributed by atoms with Crippen LogP contribution in [0, 0.1) is 17.3 Å². The quantitative estimate of drug-likeness (QED) is 0.539. The van der Waals surface area contributed by atoms with Gasteiger partial charge in [-0.25, -0.2) is 0 Å². The van der Waals surface area contributed by atoms with Crippen LogP contribution in [0.4, 0.5) is 0 Å². The third-order valence-electron chi connectivity index (χ3n) is 3.57. The highest BCUT2D eigenvalue weighted by atomic mass is 16.5. The third kappa shape index (κ3) is 2.66. The summed E-state index contributed by atoms with van der Waals surface area (Å²) < 4.78 is 5.40. The van der Waals surface area contributed by atoms with E-state index in [1.807, 2.05) is 13.8 Å². The zero-order valence-electron chi connectivity index (χ0n) is 11.3. The van der Waals surface area contributed by atoms with Crippen molar-refractivity contribution in [2.24, 2.45) is 17.3 Å². The van der Waals surface area contributed by atoms with Gasteiger partial charge < -0.3 is 4.74 Å². The maximum Gasteiger partial charge on any atom is 0.310 e. The molecule has 2 heteroatoms. The lowest BCUT2D eigenvalue weighted by molar-refractivity contribution is -0.150. The second-order valence-electron chi connectivity index (χ2n) is 5.72. The molecular formula is C14H24O2. The molecule has 0 radical (unpaired) electrons. The minimum Gasteiger partial charge on any atom is -0.462 e. The molecule has 0 aromatic carbocycles. The Balaban J connectivity index is 2.63. The topological polar surface area (TPSA) is 26.3 Å². The van der Waals surface area contributed by atoms with Gasteiger partial charge in [0.1, 0.15) is 0 Å². The smallest absolute Gasteiger partial charge is 0.310 e. The SMILES string of the molecule is CC[C@H](C)OC(=O)[C@H]1[C@H](C=C(C)C)C1(C)C. The monoisotopic (exact) mass is 224 g/mol. The Labute approximate surface area is 99.1 Å². The largest absolute Gasteiger partial charge is 0.462 e. The van der Waals surface area contributed by atoms with Gasteiger partial charge in [0.2, 0.25) is 0 Å². The molecule has 16 heavy (non-hydrogen) atoms. The molecule has 0 spiro atoms. The zero-order chi connectivity index (χ0) is 12.5. The Morgan fingerprint density at radius 3 is 2.44 bits per heavy atom. The van der Waals surface area contributed by atoms with Crippen LogP contribution in [0.15, 0.2) is 11.6 Å². The summed E-state index contributed by atoms with van der Waals surface area (Å²) in [5.41, 5.74) is 1.35. The van der Waals surface area contributed by atoms with Crippen LogP contribution < -0.4 is 0 Å². The van der Waals surface area contributed by atoms with Crippen LogP contribution in [-0.4, -0.2) is 12.1 Å². The van der Waals surface area contributed by atoms with Crippen LogP contribution >= 0.6 is 0 Å². The fraction of sp³-hybridized carbons (Fsp3) is 0.786. The van der Waals surface area contributed by atoms with E-state index in [1.165, 1.54) is 5.57 Å². The van der Waals surface area contributed by atoms with Crippen LogP contribution in [0.25, 0.3) is 0 Å². The first kappa shape index (κ1) is 13.3. The van der Waals surface area contributed by atoms with E-state index in [0.717, 1.165) is 6.42 Å². The van der Waals surface area contributed by atoms with Crippen molar-refractivity contribution in [3.8, 4) is 0 Å². The molecular weight excluding hydrogens is 200 g/mol. The normalized spacial score (nSPS) is 28.1. The van der Waals surface area contributed by atoms with Crippen molar-refractivity contribution in [3.05, 3.63) is 11.6 Å². The van der Waals surface area contributed by atoms with Crippen molar-refractivity contribution in [2.45, 2.75) is 54.1 Å². The number of carbonyl (C=O) groups is 1. The Morgan fingerprint density at radius 2 is 2.00 bits per heavy atom. The third-order valence-corrected chi connectivity index (χ3v) is 3.57. The predicted octanol–water partition coefficient (Wildman–Crippen LogP) is 3.57. The van der Waals surface area contributed by atoms with Gasteiger partial charge in [0.05, 0.1) is 12.0 Å². The summed E-state index contributed by atoms with van der Waals surface area (Å²) >= 11 is 0. The molecule has 92 valence electrons. The maximum atomic E-state index is 11.9. The molecule has 1 aliphatic rings. The molecule has 1 rings (SSSR count). The lowest BCUT2D eigenvalue weighted by Crippen LogP contribution is -2.17. The fourth-order valence-corrected chi connectivity index (χ4v) is 2.15. The lowest BCUT2D eigenvalue weighted by Gasteiger charge is -2.11. The number of rotatable bonds is 4. The van der Waals surface area contributed by atoms with Crippen LogP contribution in [0.1, 0.15) is 48.0 Å². The summed E-state index contributed by atoms with van der Waals surface area (Å²) in [7, 11) is 0. The zero-order valence-corrected chi connectivity index (χ0v) is 11.3. The Morgan fingerprint density at radius 1 is 1.44 bits per heavy atom. The average molecular weight is 224 g/mol. The highest BCUT2D eigenvalue weighted by molar-refractivity contribution is 5.78. The summed E-state index contributed by atoms with van der Waals surface area (Å²) in [5, 5.41) is 0. The number of hydrogen-bond donors (Lipinski definition) is 0. The molecule has 0 saturated heterocycles. The first-order valence-corrected chi connectivity index (χ1v) is 6.16. The van der Waals surface area contributed by atoms with Crippen molar-refractivity contribution in [1.29, 1.82) is 0 Å². The van der Waals surface area contributed by atoms with E-state index in [4.69, 9.17) is 4.74 Å². The molecule has 0 unspecified atom stereocenters. The van der Waals surface area contributed by atoms with Crippen LogP contribution in [0.3, 0.4) is 0 Å². The molecule has 0 amide bonds. The summed E-state index contributed by atoms with van der Waals surface area (Å²) in [6, 6.07) is 0. The Bertz CT molecular complexity index is 298. The van der Waals surface area contributed by atoms with Gasteiger partial charge in [-0.1, -0.05) is 32.4 Å². The molecule has 0 heterocycles. The number of carbonyl (C=O) groups excluding carboxylic acids is 1. The van der Waals surface area contributed by atoms with Crippen molar-refractivity contribution < 1.29 is 9.53 Å². The minimum absolute atomic E-state index is 0.0261. The lowest BCUT2D eigenvalue weighted by atomic mass is 10.1. The number of allylic oxidation sites excluding steroid dienone is 2. The van der Waals surface area contributed by atoms with Crippen molar-refractivity contribution in [3.63, 3.8) is 0 Å². The summed E-state index contributed by atoms with van der Waals surface area (Å²) in [6.07, 6.45) is 3.12. The maximum absolute atomic E-state index is 11.9. The molecule has 1 fully saturated rings. The molecule has 0 aliphatic heterocycles. The molecule has 0 aromatic rings. The number of ether oxygens (including phenoxy) is 1. The van der Waals surface area contributed by atoms with Gasteiger partial charge in [-0.15, -0.1) is 0 Å². The van der Waals surface area contributed by atoms with Gasteiger partial charge in [-0.05, 0) is 38.5 Å². The van der Waals surface area contributed by atoms with Gasteiger partial charge in [0, 0.05) is 0 Å². The van der Waals surface area contributed by atoms with Crippen molar-refractivity contribution in [1.82, 2.24) is 0 Å². The first-order chi connectivity index (χ1) is 7.30. The molecule has 2 nitrogen and oxygen atoms in total. The number of hydrogen-bond acceptors (Lipinski definition) is 2. The molecule has 3 atom stereocenters. The Hall–Kier alpha value is -0.790. The molecule has 1 saturated carbocycles. The second kappa shape index (κ2) is 4.60. The van der Waals surface area contributed by atoms with Gasteiger partial charge in [-0.3, -0.25) is 4.79 Å². The molecule has 0 N–H and O–H groups in total.